The SMILES string of the molecule is CN1Cc2cc(Nc3ncc4c(=O)c(-c5c(F)cccc5Cl)cn(C)c4n3)ccc2C2(CC2)C1. The van der Waals surface area contributed by atoms with Crippen LogP contribution in [0.4, 0.5) is 16.0 Å². The summed E-state index contributed by atoms with van der Waals surface area (Å²) < 4.78 is 16.2. The number of fused-ring (bicyclic) bond motifs is 3. The van der Waals surface area contributed by atoms with Gasteiger partial charge in [-0.25, -0.2) is 9.37 Å². The van der Waals surface area contributed by atoms with E-state index in [2.05, 4.69) is 45.4 Å². The third-order valence-electron chi connectivity index (χ3n) is 6.95. The van der Waals surface area contributed by atoms with Crippen molar-refractivity contribution < 1.29 is 4.39 Å². The minimum atomic E-state index is -0.547. The molecule has 1 N–H and O–H groups in total. The van der Waals surface area contributed by atoms with Crippen molar-refractivity contribution in [3.63, 3.8) is 0 Å². The highest BCUT2D eigenvalue weighted by molar-refractivity contribution is 6.33. The molecule has 0 atom stereocenters. The molecule has 1 aliphatic carbocycles. The summed E-state index contributed by atoms with van der Waals surface area (Å²) in [4.78, 5) is 24.5. The Morgan fingerprint density at radius 1 is 1.18 bits per heavy atom. The van der Waals surface area contributed by atoms with Gasteiger partial charge in [0.15, 0.2) is 0 Å². The molecule has 2 aliphatic rings. The Kier molecular flexibility index (Phi) is 4.76. The third-order valence-corrected chi connectivity index (χ3v) is 7.26. The molecule has 2 aromatic carbocycles. The highest BCUT2D eigenvalue weighted by atomic mass is 35.5. The zero-order valence-electron chi connectivity index (χ0n) is 18.9. The molecule has 172 valence electrons. The fourth-order valence-electron chi connectivity index (χ4n) is 5.23. The zero-order valence-corrected chi connectivity index (χ0v) is 19.7. The normalized spacial score (nSPS) is 16.6. The molecule has 6 rings (SSSR count). The Labute approximate surface area is 201 Å². The van der Waals surface area contributed by atoms with Gasteiger partial charge in [-0.15, -0.1) is 0 Å². The molecule has 6 nitrogen and oxygen atoms in total. The molecule has 0 bridgehead atoms. The Hall–Kier alpha value is -3.29. The van der Waals surface area contributed by atoms with Crippen molar-refractivity contribution in [2.24, 2.45) is 7.05 Å². The first kappa shape index (κ1) is 21.3. The molecule has 3 heterocycles. The van der Waals surface area contributed by atoms with E-state index >= 15 is 0 Å². The van der Waals surface area contributed by atoms with Crippen molar-refractivity contribution >= 4 is 34.3 Å². The molecule has 8 heteroatoms. The topological polar surface area (TPSA) is 63.1 Å². The van der Waals surface area contributed by atoms with Crippen molar-refractivity contribution in [1.82, 2.24) is 19.4 Å². The molecule has 1 aliphatic heterocycles. The van der Waals surface area contributed by atoms with E-state index in [1.165, 1.54) is 42.3 Å². The summed E-state index contributed by atoms with van der Waals surface area (Å²) in [5, 5.41) is 3.76. The van der Waals surface area contributed by atoms with E-state index in [1.807, 2.05) is 0 Å². The fourth-order valence-corrected chi connectivity index (χ4v) is 5.49. The lowest BCUT2D eigenvalue weighted by molar-refractivity contribution is 0.271. The second kappa shape index (κ2) is 7.61. The van der Waals surface area contributed by atoms with Crippen LogP contribution in [0.1, 0.15) is 24.0 Å². The quantitative estimate of drug-likeness (QED) is 0.451. The predicted molar refractivity (Wildman–Crippen MR) is 132 cm³/mol. The van der Waals surface area contributed by atoms with Crippen molar-refractivity contribution in [1.29, 1.82) is 0 Å². The number of rotatable bonds is 3. The van der Waals surface area contributed by atoms with Gasteiger partial charge in [0.25, 0.3) is 0 Å². The smallest absolute Gasteiger partial charge is 0.229 e. The minimum Gasteiger partial charge on any atom is -0.335 e. The third kappa shape index (κ3) is 3.38. The van der Waals surface area contributed by atoms with Crippen LogP contribution in [0.3, 0.4) is 0 Å². The minimum absolute atomic E-state index is 0.0846. The van der Waals surface area contributed by atoms with Crippen molar-refractivity contribution in [3.05, 3.63) is 81.0 Å². The van der Waals surface area contributed by atoms with Gasteiger partial charge >= 0.3 is 0 Å². The molecule has 4 aromatic rings. The lowest BCUT2D eigenvalue weighted by Crippen LogP contribution is -2.35. The highest BCUT2D eigenvalue weighted by Crippen LogP contribution is 2.52. The molecule has 1 fully saturated rings. The van der Waals surface area contributed by atoms with E-state index in [-0.39, 0.29) is 21.6 Å². The van der Waals surface area contributed by atoms with Crippen LogP contribution >= 0.6 is 11.6 Å². The van der Waals surface area contributed by atoms with Crippen LogP contribution in [-0.4, -0.2) is 33.0 Å². The van der Waals surface area contributed by atoms with E-state index < -0.39 is 5.82 Å². The fraction of sp³-hybridized carbons (Fsp3) is 0.269. The largest absolute Gasteiger partial charge is 0.335 e. The number of hydrogen-bond acceptors (Lipinski definition) is 5. The van der Waals surface area contributed by atoms with Gasteiger partial charge in [0.2, 0.25) is 11.4 Å². The maximum atomic E-state index is 14.5. The first-order chi connectivity index (χ1) is 16.3. The maximum absolute atomic E-state index is 14.5. The van der Waals surface area contributed by atoms with Gasteiger partial charge in [0.1, 0.15) is 11.5 Å². The Morgan fingerprint density at radius 2 is 2.00 bits per heavy atom. The van der Waals surface area contributed by atoms with Crippen LogP contribution in [0.2, 0.25) is 5.02 Å². The Balaban J connectivity index is 1.37. The molecule has 0 unspecified atom stereocenters. The summed E-state index contributed by atoms with van der Waals surface area (Å²) in [7, 11) is 3.93. The summed E-state index contributed by atoms with van der Waals surface area (Å²) >= 11 is 6.20. The molecule has 0 amide bonds. The molecular formula is C26H23ClFN5O. The van der Waals surface area contributed by atoms with E-state index in [9.17, 15) is 9.18 Å². The number of nitrogens with one attached hydrogen (secondary N) is 1. The van der Waals surface area contributed by atoms with Crippen LogP contribution in [0.15, 0.2) is 53.6 Å². The van der Waals surface area contributed by atoms with Gasteiger partial charge < -0.3 is 14.8 Å². The van der Waals surface area contributed by atoms with Crippen molar-refractivity contribution in [2.45, 2.75) is 24.8 Å². The number of benzene rings is 2. The lowest BCUT2D eigenvalue weighted by Gasteiger charge is -2.32. The molecule has 1 spiro atoms. The summed E-state index contributed by atoms with van der Waals surface area (Å²) in [6.45, 7) is 2.04. The van der Waals surface area contributed by atoms with Crippen molar-refractivity contribution in [2.75, 3.05) is 18.9 Å². The van der Waals surface area contributed by atoms with Gasteiger partial charge in [0.05, 0.1) is 16.0 Å². The molecule has 0 radical (unpaired) electrons. The van der Waals surface area contributed by atoms with Gasteiger partial charge in [-0.05, 0) is 55.3 Å². The first-order valence-electron chi connectivity index (χ1n) is 11.2. The number of hydrogen-bond donors (Lipinski definition) is 1. The average molecular weight is 476 g/mol. The Bertz CT molecular complexity index is 1510. The number of pyridine rings is 1. The average Bonchev–Trinajstić information content (AvgIpc) is 3.56. The zero-order chi connectivity index (χ0) is 23.6. The van der Waals surface area contributed by atoms with Crippen LogP contribution in [0.25, 0.3) is 22.2 Å². The van der Waals surface area contributed by atoms with Gasteiger partial charge in [-0.3, -0.25) is 4.79 Å². The second-order valence-electron chi connectivity index (χ2n) is 9.46. The summed E-state index contributed by atoms with van der Waals surface area (Å²) in [5.74, 6) is -0.154. The van der Waals surface area contributed by atoms with E-state index in [1.54, 1.807) is 23.9 Å². The molecule has 34 heavy (non-hydrogen) atoms. The lowest BCUT2D eigenvalue weighted by atomic mass is 9.87. The number of likely N-dealkylation sites (N-methyl/N-ethyl adjacent to an activating group) is 1. The molecule has 0 saturated heterocycles. The van der Waals surface area contributed by atoms with Gasteiger partial charge in [0, 0.05) is 49.2 Å². The summed E-state index contributed by atoms with van der Waals surface area (Å²) in [6.07, 6.45) is 5.55. The number of aryl methyl sites for hydroxylation is 1. The maximum Gasteiger partial charge on any atom is 0.229 e. The van der Waals surface area contributed by atoms with Crippen LogP contribution < -0.4 is 10.7 Å². The number of nitrogens with zero attached hydrogens (tertiary/aromatic N) is 4. The molecular weight excluding hydrogens is 453 g/mol. The number of halogens is 2. The van der Waals surface area contributed by atoms with E-state index in [4.69, 9.17) is 11.6 Å². The summed E-state index contributed by atoms with van der Waals surface area (Å²) in [6, 6.07) is 10.8. The molecule has 1 saturated carbocycles. The summed E-state index contributed by atoms with van der Waals surface area (Å²) in [5.41, 5.74) is 4.37. The number of anilines is 2. The van der Waals surface area contributed by atoms with Crippen LogP contribution in [-0.2, 0) is 19.0 Å². The first-order valence-corrected chi connectivity index (χ1v) is 11.6. The van der Waals surface area contributed by atoms with E-state index in [0.29, 0.717) is 22.4 Å². The highest BCUT2D eigenvalue weighted by Gasteiger charge is 2.48. The van der Waals surface area contributed by atoms with Crippen LogP contribution in [0, 0.1) is 5.82 Å². The molecule has 2 aromatic heterocycles. The van der Waals surface area contributed by atoms with Crippen LogP contribution in [0.5, 0.6) is 0 Å². The second-order valence-corrected chi connectivity index (χ2v) is 9.87. The number of aromatic nitrogens is 3. The Morgan fingerprint density at radius 3 is 2.76 bits per heavy atom. The van der Waals surface area contributed by atoms with Gasteiger partial charge in [-0.1, -0.05) is 23.7 Å². The van der Waals surface area contributed by atoms with E-state index in [0.717, 1.165) is 18.8 Å². The standard InChI is InChI=1S/C26H23ClFN5O/c1-32-12-15-10-16(6-7-19(15)26(14-32)8-9-26)30-25-29-11-17-23(34)18(13-33(2)24(17)31-25)22-20(27)4-3-5-21(22)28/h3-7,10-11,13H,8-9,12,14H2,1-2H3,(H,29,30,31). The predicted octanol–water partition coefficient (Wildman–Crippen LogP) is 5.01. The monoisotopic (exact) mass is 475 g/mol. The van der Waals surface area contributed by atoms with Crippen molar-refractivity contribution in [3.8, 4) is 11.1 Å². The van der Waals surface area contributed by atoms with Gasteiger partial charge in [-0.2, -0.15) is 4.98 Å².